The molecule has 4 heteroatoms. The molecule has 0 saturated heterocycles. The standard InChI is InChI=1S/C29H34F4/c1-2-3-4-19-5-7-20(8-6-19)21-9-11-22(12-10-21)23-13-14-25(27(31)15-23)24-16-28(32)26(18-30)29(33)17-24/h2,13-17,19-22H,1,3-12,18H2. The lowest BCUT2D eigenvalue weighted by atomic mass is 9.68. The van der Waals surface area contributed by atoms with E-state index in [0.717, 1.165) is 54.7 Å². The van der Waals surface area contributed by atoms with Crippen molar-refractivity contribution in [2.75, 3.05) is 0 Å². The highest BCUT2D eigenvalue weighted by Crippen LogP contribution is 2.45. The predicted octanol–water partition coefficient (Wildman–Crippen LogP) is 9.29. The van der Waals surface area contributed by atoms with Gasteiger partial charge in [0.25, 0.3) is 0 Å². The Morgan fingerprint density at radius 1 is 0.788 bits per heavy atom. The molecule has 2 aliphatic rings. The number of hydrogen-bond donors (Lipinski definition) is 0. The van der Waals surface area contributed by atoms with Gasteiger partial charge in [0.05, 0.1) is 5.56 Å². The highest BCUT2D eigenvalue weighted by Gasteiger charge is 2.31. The first-order valence-electron chi connectivity index (χ1n) is 12.4. The summed E-state index contributed by atoms with van der Waals surface area (Å²) in [6.45, 7) is 2.61. The summed E-state index contributed by atoms with van der Waals surface area (Å²) < 4.78 is 55.6. The Hall–Kier alpha value is -2.10. The highest BCUT2D eigenvalue weighted by atomic mass is 19.1. The van der Waals surface area contributed by atoms with E-state index < -0.39 is 29.7 Å². The molecule has 0 heterocycles. The maximum absolute atomic E-state index is 14.9. The van der Waals surface area contributed by atoms with Crippen molar-refractivity contribution in [2.24, 2.45) is 17.8 Å². The van der Waals surface area contributed by atoms with E-state index in [1.165, 1.54) is 51.0 Å². The summed E-state index contributed by atoms with van der Waals surface area (Å²) in [5.74, 6) is 0.364. The summed E-state index contributed by atoms with van der Waals surface area (Å²) in [4.78, 5) is 0. The third-order valence-electron chi connectivity index (χ3n) is 8.16. The fourth-order valence-electron chi connectivity index (χ4n) is 6.13. The summed E-state index contributed by atoms with van der Waals surface area (Å²) in [6, 6.07) is 7.02. The molecule has 0 amide bonds. The van der Waals surface area contributed by atoms with Crippen molar-refractivity contribution in [3.8, 4) is 11.1 Å². The molecule has 178 valence electrons. The largest absolute Gasteiger partial charge is 0.246 e. The minimum atomic E-state index is -1.22. The maximum Gasteiger partial charge on any atom is 0.132 e. The van der Waals surface area contributed by atoms with Crippen molar-refractivity contribution < 1.29 is 17.6 Å². The first-order chi connectivity index (χ1) is 16.0. The summed E-state index contributed by atoms with van der Waals surface area (Å²) in [5.41, 5.74) is 0.587. The van der Waals surface area contributed by atoms with Crippen LogP contribution in [-0.4, -0.2) is 0 Å². The van der Waals surface area contributed by atoms with E-state index in [1.807, 2.05) is 12.1 Å². The van der Waals surface area contributed by atoms with Crippen LogP contribution in [-0.2, 0) is 6.67 Å². The number of alkyl halides is 1. The smallest absolute Gasteiger partial charge is 0.132 e. The van der Waals surface area contributed by atoms with Gasteiger partial charge in [-0.2, -0.15) is 0 Å². The molecule has 0 N–H and O–H groups in total. The molecule has 2 aromatic rings. The highest BCUT2D eigenvalue weighted by molar-refractivity contribution is 5.65. The predicted molar refractivity (Wildman–Crippen MR) is 126 cm³/mol. The van der Waals surface area contributed by atoms with Crippen molar-refractivity contribution in [3.05, 3.63) is 71.6 Å². The quantitative estimate of drug-likeness (QED) is 0.286. The second-order valence-corrected chi connectivity index (χ2v) is 10.0. The first-order valence-corrected chi connectivity index (χ1v) is 12.4. The van der Waals surface area contributed by atoms with Gasteiger partial charge in [-0.25, -0.2) is 17.6 Å². The van der Waals surface area contributed by atoms with Crippen LogP contribution in [0, 0.1) is 35.2 Å². The number of halogens is 4. The second kappa shape index (κ2) is 10.9. The zero-order valence-electron chi connectivity index (χ0n) is 19.3. The van der Waals surface area contributed by atoms with E-state index in [-0.39, 0.29) is 11.1 Å². The van der Waals surface area contributed by atoms with Gasteiger partial charge < -0.3 is 0 Å². The van der Waals surface area contributed by atoms with Gasteiger partial charge in [-0.05, 0) is 104 Å². The molecule has 0 atom stereocenters. The minimum absolute atomic E-state index is 0.0960. The van der Waals surface area contributed by atoms with Gasteiger partial charge in [-0.3, -0.25) is 0 Å². The molecule has 2 aliphatic carbocycles. The molecule has 0 aliphatic heterocycles. The van der Waals surface area contributed by atoms with Crippen LogP contribution in [0.25, 0.3) is 11.1 Å². The summed E-state index contributed by atoms with van der Waals surface area (Å²) in [7, 11) is 0. The molecule has 0 spiro atoms. The van der Waals surface area contributed by atoms with Crippen LogP contribution in [0.15, 0.2) is 43.0 Å². The Bertz CT molecular complexity index is 927. The topological polar surface area (TPSA) is 0 Å². The molecule has 0 nitrogen and oxygen atoms in total. The molecular weight excluding hydrogens is 424 g/mol. The zero-order valence-corrected chi connectivity index (χ0v) is 19.3. The lowest BCUT2D eigenvalue weighted by Gasteiger charge is -2.38. The minimum Gasteiger partial charge on any atom is -0.246 e. The third-order valence-corrected chi connectivity index (χ3v) is 8.16. The van der Waals surface area contributed by atoms with Gasteiger partial charge in [0.15, 0.2) is 0 Å². The molecule has 0 unspecified atom stereocenters. The SMILES string of the molecule is C=CCCC1CCC(C2CCC(c3ccc(-c4cc(F)c(CF)c(F)c4)c(F)c3)CC2)CC1. The lowest BCUT2D eigenvalue weighted by molar-refractivity contribution is 0.157. The van der Waals surface area contributed by atoms with E-state index in [9.17, 15) is 17.6 Å². The Balaban J connectivity index is 1.36. The van der Waals surface area contributed by atoms with Gasteiger partial charge in [0.1, 0.15) is 24.1 Å². The van der Waals surface area contributed by atoms with Crippen LogP contribution >= 0.6 is 0 Å². The van der Waals surface area contributed by atoms with Gasteiger partial charge in [0.2, 0.25) is 0 Å². The molecule has 2 fully saturated rings. The second-order valence-electron chi connectivity index (χ2n) is 10.0. The molecule has 0 radical (unpaired) electrons. The number of allylic oxidation sites excluding steroid dienone is 1. The average molecular weight is 459 g/mol. The van der Waals surface area contributed by atoms with Crippen molar-refractivity contribution in [1.29, 1.82) is 0 Å². The Morgan fingerprint density at radius 3 is 1.94 bits per heavy atom. The van der Waals surface area contributed by atoms with Gasteiger partial charge in [-0.1, -0.05) is 31.1 Å². The molecule has 4 rings (SSSR count). The van der Waals surface area contributed by atoms with E-state index in [4.69, 9.17) is 0 Å². The lowest BCUT2D eigenvalue weighted by Crippen LogP contribution is -2.25. The normalized spacial score (nSPS) is 25.7. The van der Waals surface area contributed by atoms with Crippen molar-refractivity contribution in [3.63, 3.8) is 0 Å². The fraction of sp³-hybridized carbons (Fsp3) is 0.517. The van der Waals surface area contributed by atoms with E-state index in [1.54, 1.807) is 6.07 Å². The Morgan fingerprint density at radius 2 is 1.39 bits per heavy atom. The van der Waals surface area contributed by atoms with Gasteiger partial charge in [0, 0.05) is 5.56 Å². The van der Waals surface area contributed by atoms with Crippen molar-refractivity contribution >= 4 is 0 Å². The number of rotatable bonds is 7. The zero-order chi connectivity index (χ0) is 23.4. The van der Waals surface area contributed by atoms with Crippen LogP contribution < -0.4 is 0 Å². The molecule has 2 saturated carbocycles. The van der Waals surface area contributed by atoms with Gasteiger partial charge >= 0.3 is 0 Å². The van der Waals surface area contributed by atoms with E-state index in [2.05, 4.69) is 6.58 Å². The van der Waals surface area contributed by atoms with E-state index >= 15 is 0 Å². The third kappa shape index (κ3) is 5.53. The summed E-state index contributed by atoms with van der Waals surface area (Å²) >= 11 is 0. The average Bonchev–Trinajstić information content (AvgIpc) is 2.83. The molecular formula is C29H34F4. The Kier molecular flexibility index (Phi) is 7.93. The van der Waals surface area contributed by atoms with Gasteiger partial charge in [-0.15, -0.1) is 6.58 Å². The Labute approximate surface area is 195 Å². The fourth-order valence-corrected chi connectivity index (χ4v) is 6.13. The summed E-state index contributed by atoms with van der Waals surface area (Å²) in [5, 5.41) is 0. The van der Waals surface area contributed by atoms with Crippen molar-refractivity contribution in [2.45, 2.75) is 76.8 Å². The molecule has 2 aromatic carbocycles. The van der Waals surface area contributed by atoms with Crippen LogP contribution in [0.1, 0.15) is 81.3 Å². The monoisotopic (exact) mass is 458 g/mol. The van der Waals surface area contributed by atoms with E-state index in [0.29, 0.717) is 5.92 Å². The molecule has 0 aromatic heterocycles. The van der Waals surface area contributed by atoms with Crippen LogP contribution in [0.3, 0.4) is 0 Å². The number of hydrogen-bond acceptors (Lipinski definition) is 0. The maximum atomic E-state index is 14.9. The first kappa shape index (κ1) is 24.0. The van der Waals surface area contributed by atoms with Crippen LogP contribution in [0.2, 0.25) is 0 Å². The molecule has 33 heavy (non-hydrogen) atoms. The summed E-state index contributed by atoms with van der Waals surface area (Å²) in [6.07, 6.45) is 14.3. The number of benzene rings is 2. The van der Waals surface area contributed by atoms with Crippen LogP contribution in [0.5, 0.6) is 0 Å². The van der Waals surface area contributed by atoms with Crippen molar-refractivity contribution in [1.82, 2.24) is 0 Å². The van der Waals surface area contributed by atoms with Crippen LogP contribution in [0.4, 0.5) is 17.6 Å². The molecule has 0 bridgehead atoms.